The molecule has 2 N–H and O–H groups in total. The van der Waals surface area contributed by atoms with Crippen molar-refractivity contribution in [3.05, 3.63) is 33.3 Å². The molecule has 0 aliphatic heterocycles. The molecule has 0 heterocycles. The first kappa shape index (κ1) is 14.4. The molecule has 17 heavy (non-hydrogen) atoms. The third-order valence-electron chi connectivity index (χ3n) is 2.24. The van der Waals surface area contributed by atoms with Crippen molar-refractivity contribution in [2.75, 3.05) is 7.11 Å². The van der Waals surface area contributed by atoms with Gasteiger partial charge in [0.25, 0.3) is 0 Å². The lowest BCUT2D eigenvalue weighted by Crippen LogP contribution is -2.22. The second-order valence-corrected chi connectivity index (χ2v) is 4.78. The molecular weight excluding hydrogens is 311 g/mol. The smallest absolute Gasteiger partial charge is 0.308 e. The van der Waals surface area contributed by atoms with Crippen LogP contribution in [-0.2, 0) is 9.53 Å². The fraction of sp³-hybridized carbons (Fsp3) is 0.364. The summed E-state index contributed by atoms with van der Waals surface area (Å²) in [6.45, 7) is 0. The zero-order valence-electron chi connectivity index (χ0n) is 9.06. The van der Waals surface area contributed by atoms with Gasteiger partial charge in [-0.1, -0.05) is 27.5 Å². The Morgan fingerprint density at radius 2 is 2.18 bits per heavy atom. The topological polar surface area (TPSA) is 66.8 Å². The van der Waals surface area contributed by atoms with E-state index in [2.05, 4.69) is 20.7 Å². The van der Waals surface area contributed by atoms with E-state index >= 15 is 0 Å². The highest BCUT2D eigenvalue weighted by Gasteiger charge is 2.23. The average Bonchev–Trinajstić information content (AvgIpc) is 2.31. The molecule has 0 spiro atoms. The molecule has 1 aromatic carbocycles. The van der Waals surface area contributed by atoms with E-state index in [1.165, 1.54) is 7.11 Å². The van der Waals surface area contributed by atoms with Crippen LogP contribution in [0.1, 0.15) is 18.1 Å². The molecule has 94 valence electrons. The Morgan fingerprint density at radius 3 is 2.76 bits per heavy atom. The SMILES string of the molecule is COC(=O)CC(O)C(O)c1cc(Br)ccc1Cl. The van der Waals surface area contributed by atoms with E-state index in [-0.39, 0.29) is 6.42 Å². The van der Waals surface area contributed by atoms with Crippen molar-refractivity contribution in [3.8, 4) is 0 Å². The van der Waals surface area contributed by atoms with Crippen molar-refractivity contribution in [2.24, 2.45) is 0 Å². The molecule has 0 bridgehead atoms. The number of aliphatic hydroxyl groups is 2. The second kappa shape index (κ2) is 6.35. The first-order chi connectivity index (χ1) is 7.95. The number of hydrogen-bond donors (Lipinski definition) is 2. The van der Waals surface area contributed by atoms with Crippen LogP contribution in [0.4, 0.5) is 0 Å². The molecule has 0 fully saturated rings. The predicted octanol–water partition coefficient (Wildman–Crippen LogP) is 2.06. The minimum absolute atomic E-state index is 0.291. The van der Waals surface area contributed by atoms with Gasteiger partial charge in [0, 0.05) is 15.1 Å². The second-order valence-electron chi connectivity index (χ2n) is 3.46. The molecule has 1 rings (SSSR count). The van der Waals surface area contributed by atoms with Gasteiger partial charge >= 0.3 is 5.97 Å². The van der Waals surface area contributed by atoms with Crippen LogP contribution in [0.25, 0.3) is 0 Å². The van der Waals surface area contributed by atoms with Gasteiger partial charge in [0.1, 0.15) is 6.10 Å². The molecule has 2 unspecified atom stereocenters. The number of aliphatic hydroxyl groups excluding tert-OH is 2. The van der Waals surface area contributed by atoms with Crippen molar-refractivity contribution in [3.63, 3.8) is 0 Å². The summed E-state index contributed by atoms with van der Waals surface area (Å²) in [5.74, 6) is -0.595. The van der Waals surface area contributed by atoms with E-state index in [0.29, 0.717) is 10.6 Å². The molecular formula is C11H12BrClO4. The third kappa shape index (κ3) is 3.96. The van der Waals surface area contributed by atoms with E-state index in [4.69, 9.17) is 11.6 Å². The van der Waals surface area contributed by atoms with Crippen LogP contribution in [-0.4, -0.2) is 29.4 Å². The van der Waals surface area contributed by atoms with Crippen LogP contribution in [0, 0.1) is 0 Å². The monoisotopic (exact) mass is 322 g/mol. The van der Waals surface area contributed by atoms with Crippen molar-refractivity contribution in [1.29, 1.82) is 0 Å². The van der Waals surface area contributed by atoms with Crippen LogP contribution in [0.5, 0.6) is 0 Å². The average molecular weight is 324 g/mol. The van der Waals surface area contributed by atoms with Crippen LogP contribution in [0.3, 0.4) is 0 Å². The summed E-state index contributed by atoms with van der Waals surface area (Å²) >= 11 is 9.13. The lowest BCUT2D eigenvalue weighted by molar-refractivity contribution is -0.144. The first-order valence-corrected chi connectivity index (χ1v) is 6.00. The standard InChI is InChI=1S/C11H12BrClO4/c1-17-10(15)5-9(14)11(16)7-4-6(12)2-3-8(7)13/h2-4,9,11,14,16H,5H2,1H3. The van der Waals surface area contributed by atoms with Crippen molar-refractivity contribution < 1.29 is 19.7 Å². The predicted molar refractivity (Wildman–Crippen MR) is 66.8 cm³/mol. The molecule has 0 amide bonds. The maximum absolute atomic E-state index is 11.0. The number of carbonyl (C=O) groups is 1. The Bertz CT molecular complexity index is 410. The van der Waals surface area contributed by atoms with Crippen LogP contribution < -0.4 is 0 Å². The molecule has 6 heteroatoms. The van der Waals surface area contributed by atoms with E-state index in [9.17, 15) is 15.0 Å². The van der Waals surface area contributed by atoms with E-state index in [1.807, 2.05) is 0 Å². The number of hydrogen-bond acceptors (Lipinski definition) is 4. The maximum atomic E-state index is 11.0. The summed E-state index contributed by atoms with van der Waals surface area (Å²) in [5.41, 5.74) is 0.359. The zero-order valence-corrected chi connectivity index (χ0v) is 11.4. The summed E-state index contributed by atoms with van der Waals surface area (Å²) in [7, 11) is 1.22. The minimum Gasteiger partial charge on any atom is -0.469 e. The van der Waals surface area contributed by atoms with Gasteiger partial charge in [0.15, 0.2) is 0 Å². The third-order valence-corrected chi connectivity index (χ3v) is 3.08. The number of ether oxygens (including phenoxy) is 1. The zero-order chi connectivity index (χ0) is 13.0. The minimum atomic E-state index is -1.26. The lowest BCUT2D eigenvalue weighted by Gasteiger charge is -2.18. The Balaban J connectivity index is 2.84. The van der Waals surface area contributed by atoms with Gasteiger partial charge in [0.05, 0.1) is 19.6 Å². The fourth-order valence-electron chi connectivity index (χ4n) is 1.31. The Labute approximate surface area is 112 Å². The summed E-state index contributed by atoms with van der Waals surface area (Å²) in [4.78, 5) is 11.0. The van der Waals surface area contributed by atoms with Crippen molar-refractivity contribution in [2.45, 2.75) is 18.6 Å². The highest BCUT2D eigenvalue weighted by atomic mass is 79.9. The van der Waals surface area contributed by atoms with Crippen LogP contribution in [0.2, 0.25) is 5.02 Å². The number of rotatable bonds is 4. The molecule has 1 aromatic rings. The molecule has 0 aliphatic rings. The molecule has 0 radical (unpaired) electrons. The fourth-order valence-corrected chi connectivity index (χ4v) is 1.92. The van der Waals surface area contributed by atoms with Gasteiger partial charge in [0.2, 0.25) is 0 Å². The summed E-state index contributed by atoms with van der Waals surface area (Å²) in [6, 6.07) is 4.90. The molecule has 0 aromatic heterocycles. The number of esters is 1. The Kier molecular flexibility index (Phi) is 5.39. The lowest BCUT2D eigenvalue weighted by atomic mass is 10.0. The van der Waals surface area contributed by atoms with Gasteiger partial charge in [-0.05, 0) is 18.2 Å². The summed E-state index contributed by atoms with van der Waals surface area (Å²) in [5, 5.41) is 19.9. The quantitative estimate of drug-likeness (QED) is 0.832. The van der Waals surface area contributed by atoms with Crippen LogP contribution in [0.15, 0.2) is 22.7 Å². The van der Waals surface area contributed by atoms with Crippen molar-refractivity contribution >= 4 is 33.5 Å². The van der Waals surface area contributed by atoms with E-state index in [1.54, 1.807) is 18.2 Å². The van der Waals surface area contributed by atoms with E-state index < -0.39 is 18.2 Å². The van der Waals surface area contributed by atoms with Gasteiger partial charge in [-0.2, -0.15) is 0 Å². The molecule has 0 saturated heterocycles. The first-order valence-electron chi connectivity index (χ1n) is 4.83. The van der Waals surface area contributed by atoms with E-state index in [0.717, 1.165) is 4.47 Å². The maximum Gasteiger partial charge on any atom is 0.308 e. The molecule has 0 aliphatic carbocycles. The number of carbonyl (C=O) groups excluding carboxylic acids is 1. The van der Waals surface area contributed by atoms with Crippen molar-refractivity contribution in [1.82, 2.24) is 0 Å². The van der Waals surface area contributed by atoms with Gasteiger partial charge in [-0.25, -0.2) is 0 Å². The summed E-state index contributed by atoms with van der Waals surface area (Å²) in [6.07, 6.45) is -2.78. The number of benzene rings is 1. The van der Waals surface area contributed by atoms with Gasteiger partial charge in [-0.15, -0.1) is 0 Å². The largest absolute Gasteiger partial charge is 0.469 e. The molecule has 2 atom stereocenters. The molecule has 4 nitrogen and oxygen atoms in total. The number of halogens is 2. The Hall–Kier alpha value is -0.620. The Morgan fingerprint density at radius 1 is 1.53 bits per heavy atom. The van der Waals surface area contributed by atoms with Gasteiger partial charge in [-0.3, -0.25) is 4.79 Å². The summed E-state index contributed by atoms with van der Waals surface area (Å²) < 4.78 is 5.13. The number of methoxy groups -OCH3 is 1. The highest BCUT2D eigenvalue weighted by Crippen LogP contribution is 2.29. The normalized spacial score (nSPS) is 14.2. The van der Waals surface area contributed by atoms with Gasteiger partial charge < -0.3 is 14.9 Å². The molecule has 0 saturated carbocycles. The van der Waals surface area contributed by atoms with Crippen LogP contribution >= 0.6 is 27.5 Å². The highest BCUT2D eigenvalue weighted by molar-refractivity contribution is 9.10.